The number of furan rings is 1. The van der Waals surface area contributed by atoms with E-state index >= 15 is 0 Å². The van der Waals surface area contributed by atoms with Crippen LogP contribution >= 0.6 is 0 Å². The molecule has 0 saturated heterocycles. The minimum Gasteiger partial charge on any atom is -0.462 e. The van der Waals surface area contributed by atoms with Crippen molar-refractivity contribution in [1.82, 2.24) is 9.97 Å². The Morgan fingerprint density at radius 3 is 2.24 bits per heavy atom. The fourth-order valence-corrected chi connectivity index (χ4v) is 5.18. The van der Waals surface area contributed by atoms with Crippen molar-refractivity contribution in [2.24, 2.45) is 0 Å². The normalized spacial score (nSPS) is 12.6. The molecule has 0 aliphatic carbocycles. The van der Waals surface area contributed by atoms with Crippen molar-refractivity contribution >= 4 is 32.6 Å². The van der Waals surface area contributed by atoms with E-state index in [2.05, 4.69) is 108 Å². The molecule has 3 nitrogen and oxygen atoms in total. The molecule has 6 rings (SSSR count). The number of benzene rings is 3. The quantitative estimate of drug-likeness (QED) is 0.244. The molecule has 190 valence electrons. The molecular formula is C35H34N2O. The van der Waals surface area contributed by atoms with E-state index < -0.39 is 0 Å². The van der Waals surface area contributed by atoms with Crippen LogP contribution in [0.15, 0.2) is 89.7 Å². The highest BCUT2D eigenvalue weighted by atomic mass is 16.3. The summed E-state index contributed by atoms with van der Waals surface area (Å²) in [6.45, 7) is 13.3. The van der Waals surface area contributed by atoms with Gasteiger partial charge in [0.25, 0.3) is 0 Å². The molecule has 3 heterocycles. The van der Waals surface area contributed by atoms with Gasteiger partial charge in [0.1, 0.15) is 5.52 Å². The molecule has 0 saturated carbocycles. The average molecular weight is 499 g/mol. The van der Waals surface area contributed by atoms with Crippen LogP contribution in [0.25, 0.3) is 43.9 Å². The predicted molar refractivity (Wildman–Crippen MR) is 159 cm³/mol. The highest BCUT2D eigenvalue weighted by Crippen LogP contribution is 2.36. The maximum absolute atomic E-state index is 5.87. The van der Waals surface area contributed by atoms with Gasteiger partial charge in [0.15, 0.2) is 5.58 Å². The molecular weight excluding hydrogens is 464 g/mol. The van der Waals surface area contributed by atoms with Gasteiger partial charge in [-0.3, -0.25) is 4.98 Å². The number of pyridine rings is 2. The Bertz CT molecular complexity index is 1810. The fourth-order valence-electron chi connectivity index (χ4n) is 5.18. The van der Waals surface area contributed by atoms with Crippen molar-refractivity contribution in [1.29, 1.82) is 0 Å². The van der Waals surface area contributed by atoms with Gasteiger partial charge in [-0.15, -0.1) is 0 Å². The topological polar surface area (TPSA) is 38.9 Å². The molecule has 3 aromatic carbocycles. The van der Waals surface area contributed by atoms with Crippen LogP contribution < -0.4 is 0 Å². The predicted octanol–water partition coefficient (Wildman–Crippen LogP) is 9.38. The monoisotopic (exact) mass is 498 g/mol. The third-order valence-corrected chi connectivity index (χ3v) is 7.44. The molecule has 0 atom stereocenters. The Morgan fingerprint density at radius 2 is 1.45 bits per heavy atom. The van der Waals surface area contributed by atoms with Gasteiger partial charge in [0.2, 0.25) is 0 Å². The summed E-state index contributed by atoms with van der Waals surface area (Å²) in [5, 5.41) is 4.67. The van der Waals surface area contributed by atoms with Gasteiger partial charge in [-0.25, -0.2) is 4.98 Å². The van der Waals surface area contributed by atoms with E-state index in [1.54, 1.807) is 6.26 Å². The van der Waals surface area contributed by atoms with Gasteiger partial charge in [0, 0.05) is 33.6 Å². The molecule has 0 amide bonds. The lowest BCUT2D eigenvalue weighted by Crippen LogP contribution is -2.13. The number of fused-ring (bicyclic) bond motifs is 4. The van der Waals surface area contributed by atoms with E-state index in [-0.39, 0.29) is 10.8 Å². The molecule has 3 heteroatoms. The second-order valence-corrected chi connectivity index (χ2v) is 12.5. The minimum atomic E-state index is -0.0462. The van der Waals surface area contributed by atoms with Gasteiger partial charge >= 0.3 is 0 Å². The molecule has 3 aromatic heterocycles. The van der Waals surface area contributed by atoms with Gasteiger partial charge in [-0.1, -0.05) is 84.0 Å². The van der Waals surface area contributed by atoms with E-state index in [0.29, 0.717) is 0 Å². The van der Waals surface area contributed by atoms with Gasteiger partial charge in [-0.05, 0) is 69.6 Å². The van der Waals surface area contributed by atoms with Gasteiger partial charge < -0.3 is 4.42 Å². The standard InChI is InChI=1S/C35H34N2O/c1-34(2,3)27-10-9-24-18-22(7-8-25(24)20-27)17-23-13-15-36-30(19-23)29-21-26-14-16-38-33(26)32-28(29)11-12-31(37-32)35(4,5)6/h7-16,18-21H,17H2,1-6H3. The number of rotatable bonds is 3. The molecule has 0 unspecified atom stereocenters. The zero-order valence-corrected chi connectivity index (χ0v) is 23.1. The van der Waals surface area contributed by atoms with Crippen LogP contribution in [0.4, 0.5) is 0 Å². The molecule has 0 radical (unpaired) electrons. The van der Waals surface area contributed by atoms with Crippen molar-refractivity contribution in [3.8, 4) is 11.3 Å². The van der Waals surface area contributed by atoms with E-state index in [4.69, 9.17) is 14.4 Å². The summed E-state index contributed by atoms with van der Waals surface area (Å²) in [4.78, 5) is 9.84. The summed E-state index contributed by atoms with van der Waals surface area (Å²) in [5.41, 5.74) is 8.81. The van der Waals surface area contributed by atoms with Crippen LogP contribution in [0, 0.1) is 0 Å². The van der Waals surface area contributed by atoms with Crippen LogP contribution in [-0.4, -0.2) is 9.97 Å². The molecule has 0 aliphatic heterocycles. The third kappa shape index (κ3) is 4.47. The summed E-state index contributed by atoms with van der Waals surface area (Å²) < 4.78 is 5.87. The lowest BCUT2D eigenvalue weighted by molar-refractivity contribution is 0.570. The second-order valence-electron chi connectivity index (χ2n) is 12.5. The smallest absolute Gasteiger partial charge is 0.160 e. The fraction of sp³-hybridized carbons (Fsp3) is 0.257. The first kappa shape index (κ1) is 24.4. The largest absolute Gasteiger partial charge is 0.462 e. The second kappa shape index (κ2) is 8.80. The zero-order chi connectivity index (χ0) is 26.7. The number of hydrogen-bond acceptors (Lipinski definition) is 3. The maximum atomic E-state index is 5.87. The van der Waals surface area contributed by atoms with Crippen molar-refractivity contribution in [3.05, 3.63) is 108 Å². The first-order chi connectivity index (χ1) is 18.1. The Hall–Kier alpha value is -3.98. The lowest BCUT2D eigenvalue weighted by Gasteiger charge is -2.19. The zero-order valence-electron chi connectivity index (χ0n) is 23.1. The molecule has 6 aromatic rings. The Balaban J connectivity index is 1.39. The Labute approximate surface area is 224 Å². The van der Waals surface area contributed by atoms with Crippen LogP contribution in [0.5, 0.6) is 0 Å². The molecule has 0 N–H and O–H groups in total. The number of nitrogens with zero attached hydrogens (tertiary/aromatic N) is 2. The van der Waals surface area contributed by atoms with E-state index in [0.717, 1.165) is 45.2 Å². The van der Waals surface area contributed by atoms with Gasteiger partial charge in [-0.2, -0.15) is 0 Å². The Morgan fingerprint density at radius 1 is 0.684 bits per heavy atom. The minimum absolute atomic E-state index is 0.0462. The average Bonchev–Trinajstić information content (AvgIpc) is 3.36. The van der Waals surface area contributed by atoms with Crippen molar-refractivity contribution in [2.75, 3.05) is 0 Å². The number of hydrogen-bond donors (Lipinski definition) is 0. The highest BCUT2D eigenvalue weighted by Gasteiger charge is 2.19. The Kier molecular flexibility index (Phi) is 5.64. The van der Waals surface area contributed by atoms with E-state index in [1.165, 1.54) is 27.5 Å². The highest BCUT2D eigenvalue weighted by molar-refractivity contribution is 6.09. The molecule has 0 bridgehead atoms. The molecule has 38 heavy (non-hydrogen) atoms. The molecule has 0 aliphatic rings. The van der Waals surface area contributed by atoms with Gasteiger partial charge in [0.05, 0.1) is 12.0 Å². The summed E-state index contributed by atoms with van der Waals surface area (Å²) in [7, 11) is 0. The summed E-state index contributed by atoms with van der Waals surface area (Å²) in [6, 6.07) is 26.5. The molecule has 0 spiro atoms. The SMILES string of the molecule is CC(C)(C)c1ccc2cc(Cc3ccnc(-c4cc5ccoc5c5nc(C(C)(C)C)ccc45)c3)ccc2c1. The van der Waals surface area contributed by atoms with Crippen LogP contribution in [0.1, 0.15) is 63.9 Å². The summed E-state index contributed by atoms with van der Waals surface area (Å²) >= 11 is 0. The maximum Gasteiger partial charge on any atom is 0.160 e. The van der Waals surface area contributed by atoms with E-state index in [9.17, 15) is 0 Å². The van der Waals surface area contributed by atoms with Crippen LogP contribution in [0.2, 0.25) is 0 Å². The first-order valence-electron chi connectivity index (χ1n) is 13.4. The lowest BCUT2D eigenvalue weighted by atomic mass is 9.85. The van der Waals surface area contributed by atoms with Crippen LogP contribution in [-0.2, 0) is 17.3 Å². The van der Waals surface area contributed by atoms with Crippen molar-refractivity contribution in [2.45, 2.75) is 58.8 Å². The number of aromatic nitrogens is 2. The summed E-state index contributed by atoms with van der Waals surface area (Å²) in [5.74, 6) is 0. The summed E-state index contributed by atoms with van der Waals surface area (Å²) in [6.07, 6.45) is 4.52. The first-order valence-corrected chi connectivity index (χ1v) is 13.4. The third-order valence-electron chi connectivity index (χ3n) is 7.44. The van der Waals surface area contributed by atoms with E-state index in [1.807, 2.05) is 12.3 Å². The van der Waals surface area contributed by atoms with Crippen molar-refractivity contribution in [3.63, 3.8) is 0 Å². The molecule has 0 fully saturated rings. The van der Waals surface area contributed by atoms with Crippen molar-refractivity contribution < 1.29 is 4.42 Å². The van der Waals surface area contributed by atoms with Crippen LogP contribution in [0.3, 0.4) is 0 Å².